The van der Waals surface area contributed by atoms with Gasteiger partial charge in [-0.3, -0.25) is 4.79 Å². The van der Waals surface area contributed by atoms with Crippen molar-refractivity contribution in [3.05, 3.63) is 40.7 Å². The molecule has 1 aliphatic rings. The van der Waals surface area contributed by atoms with Gasteiger partial charge in [0.05, 0.1) is 5.52 Å². The number of alkyl carbamates (subject to hydrolysis) is 1. The van der Waals surface area contributed by atoms with Crippen LogP contribution in [0.1, 0.15) is 33.6 Å². The minimum atomic E-state index is -0.640. The molecule has 2 heterocycles. The average Bonchev–Trinajstić information content (AvgIpc) is 2.66. The van der Waals surface area contributed by atoms with Gasteiger partial charge in [-0.25, -0.2) is 4.79 Å². The summed E-state index contributed by atoms with van der Waals surface area (Å²) in [5.74, 6) is 0.628. The van der Waals surface area contributed by atoms with E-state index in [1.807, 2.05) is 39.0 Å². The van der Waals surface area contributed by atoms with Gasteiger partial charge >= 0.3 is 6.09 Å². The summed E-state index contributed by atoms with van der Waals surface area (Å²) in [6, 6.07) is 8.71. The van der Waals surface area contributed by atoms with Gasteiger partial charge in [0.2, 0.25) is 5.56 Å². The molecule has 0 radical (unpaired) electrons. The average molecular weight is 418 g/mol. The molecule has 1 aliphatic heterocycles. The fraction of sp³-hybridized carbons (Fsp3) is 0.545. The highest BCUT2D eigenvalue weighted by Crippen LogP contribution is 2.23. The van der Waals surface area contributed by atoms with Crippen molar-refractivity contribution in [3.8, 4) is 5.75 Å². The lowest BCUT2D eigenvalue weighted by Gasteiger charge is -2.33. The number of fused-ring (bicyclic) bond motifs is 1. The number of aliphatic hydroxyl groups is 1. The summed E-state index contributed by atoms with van der Waals surface area (Å²) >= 11 is 0. The maximum atomic E-state index is 11.9. The molecule has 0 spiro atoms. The van der Waals surface area contributed by atoms with Gasteiger partial charge in [-0.05, 0) is 51.8 Å². The van der Waals surface area contributed by atoms with Crippen molar-refractivity contribution in [3.63, 3.8) is 0 Å². The molecule has 0 saturated carbocycles. The Hall–Kier alpha value is -2.58. The molecule has 164 valence electrons. The van der Waals surface area contributed by atoms with Crippen LogP contribution in [0.5, 0.6) is 5.75 Å². The lowest BCUT2D eigenvalue weighted by molar-refractivity contribution is 0.0422. The second-order valence-electron chi connectivity index (χ2n) is 8.73. The minimum absolute atomic E-state index is 0.0855. The lowest BCUT2D eigenvalue weighted by atomic mass is 10.0. The van der Waals surface area contributed by atoms with Gasteiger partial charge in [-0.2, -0.15) is 0 Å². The number of H-pyrrole nitrogens is 1. The quantitative estimate of drug-likeness (QED) is 0.666. The second kappa shape index (κ2) is 9.49. The number of aromatic nitrogens is 1. The third-order valence-corrected chi connectivity index (χ3v) is 4.93. The van der Waals surface area contributed by atoms with Crippen molar-refractivity contribution in [2.75, 3.05) is 26.2 Å². The monoisotopic (exact) mass is 417 g/mol. The summed E-state index contributed by atoms with van der Waals surface area (Å²) in [5.41, 5.74) is 0.0344. The zero-order chi connectivity index (χ0) is 21.7. The molecule has 1 saturated heterocycles. The number of aliphatic hydroxyl groups excluding tert-OH is 1. The molecule has 0 aliphatic carbocycles. The standard InChI is InChI=1S/C22H31N3O5/c1-22(2,3)30-21(28)23-15-9-11-25(12-10-15)13-16(26)14-29-19-6-4-5-18-17(19)7-8-20(27)24-18/h4-8,15-16,26H,9-14H2,1-3H3,(H,23,28)(H,24,27). The molecule has 8 heteroatoms. The number of ether oxygens (including phenoxy) is 2. The number of nitrogens with zero attached hydrogens (tertiary/aromatic N) is 1. The Labute approximate surface area is 176 Å². The number of likely N-dealkylation sites (tertiary alicyclic amines) is 1. The number of nitrogens with one attached hydrogen (secondary N) is 2. The molecule has 3 rings (SSSR count). The number of amides is 1. The number of benzene rings is 1. The van der Waals surface area contributed by atoms with Crippen LogP contribution in [0.2, 0.25) is 0 Å². The Bertz CT molecular complexity index is 913. The van der Waals surface area contributed by atoms with Crippen LogP contribution in [-0.2, 0) is 4.74 Å². The summed E-state index contributed by atoms with van der Waals surface area (Å²) in [5, 5.41) is 14.1. The Morgan fingerprint density at radius 3 is 2.70 bits per heavy atom. The van der Waals surface area contributed by atoms with Gasteiger partial charge in [0.15, 0.2) is 0 Å². The Morgan fingerprint density at radius 1 is 1.27 bits per heavy atom. The molecule has 2 aromatic rings. The van der Waals surface area contributed by atoms with E-state index in [-0.39, 0.29) is 24.3 Å². The third kappa shape index (κ3) is 6.47. The van der Waals surface area contributed by atoms with Crippen LogP contribution in [0.15, 0.2) is 35.1 Å². The Kier molecular flexibility index (Phi) is 6.99. The number of carbonyl (C=O) groups is 1. The number of piperidine rings is 1. The van der Waals surface area contributed by atoms with Crippen LogP contribution in [0.3, 0.4) is 0 Å². The van der Waals surface area contributed by atoms with Crippen LogP contribution >= 0.6 is 0 Å². The SMILES string of the molecule is CC(C)(C)OC(=O)NC1CCN(CC(O)COc2cccc3[nH]c(=O)ccc23)CC1. The summed E-state index contributed by atoms with van der Waals surface area (Å²) in [6.45, 7) is 7.76. The minimum Gasteiger partial charge on any atom is -0.490 e. The van der Waals surface area contributed by atoms with Gasteiger partial charge in [0.1, 0.15) is 24.1 Å². The number of aromatic amines is 1. The van der Waals surface area contributed by atoms with Crippen molar-refractivity contribution in [2.45, 2.75) is 51.4 Å². The molecule has 0 bridgehead atoms. The van der Waals surface area contributed by atoms with Crippen LogP contribution in [0, 0.1) is 0 Å². The van der Waals surface area contributed by atoms with Crippen molar-refractivity contribution in [1.29, 1.82) is 0 Å². The van der Waals surface area contributed by atoms with E-state index in [1.54, 1.807) is 6.07 Å². The zero-order valence-corrected chi connectivity index (χ0v) is 17.8. The molecule has 30 heavy (non-hydrogen) atoms. The number of carbonyl (C=O) groups excluding carboxylic acids is 1. The molecular formula is C22H31N3O5. The fourth-order valence-corrected chi connectivity index (χ4v) is 3.56. The van der Waals surface area contributed by atoms with Crippen molar-refractivity contribution >= 4 is 17.0 Å². The smallest absolute Gasteiger partial charge is 0.407 e. The van der Waals surface area contributed by atoms with E-state index in [4.69, 9.17) is 9.47 Å². The van der Waals surface area contributed by atoms with E-state index in [0.717, 1.165) is 31.3 Å². The van der Waals surface area contributed by atoms with Crippen molar-refractivity contribution in [2.24, 2.45) is 0 Å². The maximum Gasteiger partial charge on any atom is 0.407 e. The molecule has 1 aromatic heterocycles. The topological polar surface area (TPSA) is 104 Å². The van der Waals surface area contributed by atoms with E-state index in [2.05, 4.69) is 15.2 Å². The molecule has 1 amide bonds. The molecule has 3 N–H and O–H groups in total. The highest BCUT2D eigenvalue weighted by molar-refractivity contribution is 5.84. The predicted molar refractivity (Wildman–Crippen MR) is 115 cm³/mol. The van der Waals surface area contributed by atoms with Crippen LogP contribution in [0.25, 0.3) is 10.9 Å². The summed E-state index contributed by atoms with van der Waals surface area (Å²) in [6.07, 6.45) is 0.594. The Balaban J connectivity index is 1.43. The van der Waals surface area contributed by atoms with Gasteiger partial charge in [0, 0.05) is 37.1 Å². The number of hydrogen-bond donors (Lipinski definition) is 3. The molecule has 8 nitrogen and oxygen atoms in total. The van der Waals surface area contributed by atoms with E-state index in [1.165, 1.54) is 6.07 Å². The fourth-order valence-electron chi connectivity index (χ4n) is 3.56. The largest absolute Gasteiger partial charge is 0.490 e. The highest BCUT2D eigenvalue weighted by atomic mass is 16.6. The first-order chi connectivity index (χ1) is 14.2. The normalized spacial score (nSPS) is 16.9. The Morgan fingerprint density at radius 2 is 2.00 bits per heavy atom. The number of hydrogen-bond acceptors (Lipinski definition) is 6. The van der Waals surface area contributed by atoms with E-state index < -0.39 is 11.7 Å². The number of β-amino-alcohol motifs (C(OH)–C–C–N with tert-alkyl or cyclic N) is 1. The highest BCUT2D eigenvalue weighted by Gasteiger charge is 2.24. The van der Waals surface area contributed by atoms with E-state index in [9.17, 15) is 14.7 Å². The lowest BCUT2D eigenvalue weighted by Crippen LogP contribution is -2.48. The molecule has 1 fully saturated rings. The third-order valence-electron chi connectivity index (χ3n) is 4.93. The first-order valence-electron chi connectivity index (χ1n) is 10.3. The first kappa shape index (κ1) is 22.1. The zero-order valence-electron chi connectivity index (χ0n) is 17.8. The summed E-state index contributed by atoms with van der Waals surface area (Å²) in [7, 11) is 0. The van der Waals surface area contributed by atoms with Crippen LogP contribution in [-0.4, -0.2) is 65.1 Å². The second-order valence-corrected chi connectivity index (χ2v) is 8.73. The number of pyridine rings is 1. The maximum absolute atomic E-state index is 11.9. The van der Waals surface area contributed by atoms with Gasteiger partial charge in [0.25, 0.3) is 0 Å². The van der Waals surface area contributed by atoms with Gasteiger partial charge in [-0.15, -0.1) is 0 Å². The van der Waals surface area contributed by atoms with Gasteiger partial charge < -0.3 is 29.8 Å². The van der Waals surface area contributed by atoms with E-state index in [0.29, 0.717) is 17.8 Å². The molecule has 1 unspecified atom stereocenters. The van der Waals surface area contributed by atoms with Crippen molar-refractivity contribution in [1.82, 2.24) is 15.2 Å². The predicted octanol–water partition coefficient (Wildman–Crippen LogP) is 2.26. The van der Waals surface area contributed by atoms with Crippen molar-refractivity contribution < 1.29 is 19.4 Å². The van der Waals surface area contributed by atoms with Crippen LogP contribution in [0.4, 0.5) is 4.79 Å². The molecule has 1 aromatic carbocycles. The summed E-state index contributed by atoms with van der Waals surface area (Å²) < 4.78 is 11.1. The van der Waals surface area contributed by atoms with Gasteiger partial charge in [-0.1, -0.05) is 6.07 Å². The van der Waals surface area contributed by atoms with Crippen LogP contribution < -0.4 is 15.6 Å². The summed E-state index contributed by atoms with van der Waals surface area (Å²) in [4.78, 5) is 28.3. The first-order valence-corrected chi connectivity index (χ1v) is 10.3. The molecular weight excluding hydrogens is 386 g/mol. The molecule has 1 atom stereocenters. The van der Waals surface area contributed by atoms with E-state index >= 15 is 0 Å². The number of rotatable bonds is 6.